The standard InChI is InChI=1S/C63H50N4/c1-63(2)61-57(43-55(64(47-27-11-3-12-28-47)48-29-13-4-14-30-48)45-59(61)66(51-35-19-7-20-36-51)52-37-21-8-22-38-52)58-44-56(65(49-31-15-5-16-32-49)50-33-17-6-18-34-50)46-60(62(58)63)67(53-39-23-9-24-40-53)54-41-25-10-26-42-54/h3-46H,1-2H3. The predicted molar refractivity (Wildman–Crippen MR) is 283 cm³/mol. The van der Waals surface area contributed by atoms with Crippen molar-refractivity contribution in [3.8, 4) is 11.1 Å². The molecule has 0 fully saturated rings. The van der Waals surface area contributed by atoms with E-state index in [1.54, 1.807) is 0 Å². The Morgan fingerprint density at radius 2 is 0.418 bits per heavy atom. The molecule has 0 heterocycles. The SMILES string of the molecule is CC1(C)c2c(cc(N(c3ccccc3)c3ccccc3)cc2N(c2ccccc2)c2ccccc2)-c2cc(N(c3ccccc3)c3ccccc3)cc(N(c3ccccc3)c3ccccc3)c21. The van der Waals surface area contributed by atoms with E-state index in [1.807, 2.05) is 0 Å². The number of para-hydroxylation sites is 8. The number of hydrogen-bond donors (Lipinski definition) is 0. The van der Waals surface area contributed by atoms with Gasteiger partial charge in [-0.05, 0) is 144 Å². The van der Waals surface area contributed by atoms with Crippen LogP contribution in [0.3, 0.4) is 0 Å². The van der Waals surface area contributed by atoms with Crippen LogP contribution in [0.1, 0.15) is 25.0 Å². The van der Waals surface area contributed by atoms with Gasteiger partial charge in [-0.2, -0.15) is 0 Å². The second-order valence-electron chi connectivity index (χ2n) is 17.4. The van der Waals surface area contributed by atoms with Crippen LogP contribution in [0.25, 0.3) is 11.1 Å². The molecule has 0 saturated heterocycles. The molecule has 0 bridgehead atoms. The maximum absolute atomic E-state index is 2.46. The summed E-state index contributed by atoms with van der Waals surface area (Å²) in [7, 11) is 0. The number of benzene rings is 10. The van der Waals surface area contributed by atoms with Crippen LogP contribution in [-0.2, 0) is 5.41 Å². The monoisotopic (exact) mass is 862 g/mol. The Labute approximate surface area is 394 Å². The van der Waals surface area contributed by atoms with E-state index in [2.05, 4.69) is 300 Å². The lowest BCUT2D eigenvalue weighted by atomic mass is 9.79. The van der Waals surface area contributed by atoms with Crippen molar-refractivity contribution in [3.05, 3.63) is 278 Å². The molecule has 0 unspecified atom stereocenters. The molecular formula is C63H50N4. The van der Waals surface area contributed by atoms with Gasteiger partial charge in [0.25, 0.3) is 0 Å². The smallest absolute Gasteiger partial charge is 0.0529 e. The lowest BCUT2D eigenvalue weighted by Gasteiger charge is -2.36. The van der Waals surface area contributed by atoms with Gasteiger partial charge in [0.15, 0.2) is 0 Å². The number of rotatable bonds is 12. The summed E-state index contributed by atoms with van der Waals surface area (Å²) >= 11 is 0. The van der Waals surface area contributed by atoms with Crippen molar-refractivity contribution in [2.45, 2.75) is 19.3 Å². The molecule has 0 amide bonds. The molecule has 4 nitrogen and oxygen atoms in total. The summed E-state index contributed by atoms with van der Waals surface area (Å²) in [5.41, 5.74) is 17.4. The molecule has 1 aliphatic carbocycles. The first kappa shape index (κ1) is 41.1. The molecule has 4 heteroatoms. The van der Waals surface area contributed by atoms with Crippen molar-refractivity contribution in [2.24, 2.45) is 0 Å². The molecule has 0 saturated carbocycles. The highest BCUT2D eigenvalue weighted by molar-refractivity contribution is 6.00. The topological polar surface area (TPSA) is 13.0 Å². The van der Waals surface area contributed by atoms with E-state index in [0.29, 0.717) is 0 Å². The molecule has 0 atom stereocenters. The molecule has 0 aromatic heterocycles. The molecular weight excluding hydrogens is 813 g/mol. The number of anilines is 12. The summed E-state index contributed by atoms with van der Waals surface area (Å²) in [5.74, 6) is 0. The maximum Gasteiger partial charge on any atom is 0.0529 e. The second-order valence-corrected chi connectivity index (χ2v) is 17.4. The fraction of sp³-hybridized carbons (Fsp3) is 0.0476. The van der Waals surface area contributed by atoms with Gasteiger partial charge < -0.3 is 19.6 Å². The van der Waals surface area contributed by atoms with E-state index in [4.69, 9.17) is 0 Å². The summed E-state index contributed by atoms with van der Waals surface area (Å²) in [5, 5.41) is 0. The van der Waals surface area contributed by atoms with Gasteiger partial charge in [0.2, 0.25) is 0 Å². The molecule has 0 radical (unpaired) electrons. The summed E-state index contributed by atoms with van der Waals surface area (Å²) in [6.07, 6.45) is 0. The first-order valence-corrected chi connectivity index (χ1v) is 23.0. The van der Waals surface area contributed by atoms with Gasteiger partial charge in [0.1, 0.15) is 0 Å². The number of fused-ring (bicyclic) bond motifs is 3. The van der Waals surface area contributed by atoms with Gasteiger partial charge in [-0.25, -0.2) is 0 Å². The Morgan fingerprint density at radius 3 is 0.627 bits per heavy atom. The third-order valence-electron chi connectivity index (χ3n) is 12.9. The van der Waals surface area contributed by atoms with Gasteiger partial charge >= 0.3 is 0 Å². The quantitative estimate of drug-likeness (QED) is 0.121. The average molecular weight is 863 g/mol. The van der Waals surface area contributed by atoms with Gasteiger partial charge in [-0.1, -0.05) is 159 Å². The number of hydrogen-bond acceptors (Lipinski definition) is 4. The van der Waals surface area contributed by atoms with Crippen LogP contribution in [0.15, 0.2) is 267 Å². The van der Waals surface area contributed by atoms with Crippen molar-refractivity contribution in [1.29, 1.82) is 0 Å². The third-order valence-corrected chi connectivity index (χ3v) is 12.9. The van der Waals surface area contributed by atoms with Crippen molar-refractivity contribution in [2.75, 3.05) is 19.6 Å². The van der Waals surface area contributed by atoms with Crippen LogP contribution in [0.5, 0.6) is 0 Å². The minimum atomic E-state index is -0.509. The molecule has 11 rings (SSSR count). The highest BCUT2D eigenvalue weighted by atomic mass is 15.2. The molecule has 67 heavy (non-hydrogen) atoms. The largest absolute Gasteiger partial charge is 0.310 e. The fourth-order valence-electron chi connectivity index (χ4n) is 10.1. The molecule has 10 aromatic carbocycles. The first-order chi connectivity index (χ1) is 33.0. The lowest BCUT2D eigenvalue weighted by Crippen LogP contribution is -2.24. The third kappa shape index (κ3) is 7.69. The van der Waals surface area contributed by atoms with E-state index < -0.39 is 5.41 Å². The van der Waals surface area contributed by atoms with Crippen molar-refractivity contribution in [1.82, 2.24) is 0 Å². The van der Waals surface area contributed by atoms with Gasteiger partial charge in [0.05, 0.1) is 11.4 Å². The van der Waals surface area contributed by atoms with Crippen LogP contribution in [0.4, 0.5) is 68.2 Å². The summed E-state index contributed by atoms with van der Waals surface area (Å²) in [4.78, 5) is 9.70. The zero-order chi connectivity index (χ0) is 45.2. The van der Waals surface area contributed by atoms with E-state index in [9.17, 15) is 0 Å². The summed E-state index contributed by atoms with van der Waals surface area (Å²) in [6.45, 7) is 4.84. The molecule has 0 spiro atoms. The molecule has 1 aliphatic rings. The lowest BCUT2D eigenvalue weighted by molar-refractivity contribution is 0.661. The maximum atomic E-state index is 2.46. The van der Waals surface area contributed by atoms with Gasteiger partial charge in [-0.15, -0.1) is 0 Å². The Kier molecular flexibility index (Phi) is 10.9. The molecule has 0 N–H and O–H groups in total. The minimum Gasteiger partial charge on any atom is -0.310 e. The minimum absolute atomic E-state index is 0.509. The Bertz CT molecular complexity index is 2860. The molecule has 0 aliphatic heterocycles. The Balaban J connectivity index is 1.29. The Morgan fingerprint density at radius 1 is 0.224 bits per heavy atom. The van der Waals surface area contributed by atoms with E-state index in [-0.39, 0.29) is 0 Å². The predicted octanol–water partition coefficient (Wildman–Crippen LogP) is 17.9. The Hall–Kier alpha value is -8.60. The van der Waals surface area contributed by atoms with Crippen LogP contribution in [0.2, 0.25) is 0 Å². The van der Waals surface area contributed by atoms with Crippen LogP contribution in [0, 0.1) is 0 Å². The van der Waals surface area contributed by atoms with Crippen molar-refractivity contribution < 1.29 is 0 Å². The molecule has 10 aromatic rings. The van der Waals surface area contributed by atoms with Gasteiger partial charge in [-0.3, -0.25) is 0 Å². The zero-order valence-corrected chi connectivity index (χ0v) is 37.7. The van der Waals surface area contributed by atoms with E-state index in [0.717, 1.165) is 68.2 Å². The van der Waals surface area contributed by atoms with Crippen LogP contribution in [-0.4, -0.2) is 0 Å². The average Bonchev–Trinajstić information content (AvgIpc) is 3.62. The van der Waals surface area contributed by atoms with Crippen LogP contribution >= 0.6 is 0 Å². The number of nitrogens with zero attached hydrogens (tertiary/aromatic N) is 4. The highest BCUT2D eigenvalue weighted by Gasteiger charge is 2.44. The first-order valence-electron chi connectivity index (χ1n) is 23.0. The van der Waals surface area contributed by atoms with E-state index in [1.165, 1.54) is 22.3 Å². The summed E-state index contributed by atoms with van der Waals surface area (Å²) in [6, 6.07) is 96.0. The zero-order valence-electron chi connectivity index (χ0n) is 37.7. The van der Waals surface area contributed by atoms with Crippen molar-refractivity contribution in [3.63, 3.8) is 0 Å². The van der Waals surface area contributed by atoms with Crippen LogP contribution < -0.4 is 19.6 Å². The van der Waals surface area contributed by atoms with E-state index >= 15 is 0 Å². The second kappa shape index (κ2) is 17.8. The van der Waals surface area contributed by atoms with Crippen molar-refractivity contribution >= 4 is 68.2 Å². The fourth-order valence-corrected chi connectivity index (χ4v) is 10.1. The normalized spacial score (nSPS) is 12.1. The highest BCUT2D eigenvalue weighted by Crippen LogP contribution is 2.61. The van der Waals surface area contributed by atoms with Gasteiger partial charge in [0, 0.05) is 62.3 Å². The summed E-state index contributed by atoms with van der Waals surface area (Å²) < 4.78 is 0. The molecule has 322 valence electrons.